The van der Waals surface area contributed by atoms with Crippen molar-refractivity contribution >= 4 is 28.4 Å². The lowest BCUT2D eigenvalue weighted by Crippen LogP contribution is -2.21. The molecule has 0 bridgehead atoms. The molecule has 0 aliphatic carbocycles. The number of anilines is 2. The van der Waals surface area contributed by atoms with Crippen molar-refractivity contribution in [1.29, 1.82) is 0 Å². The van der Waals surface area contributed by atoms with Crippen LogP contribution in [0, 0.1) is 0 Å². The van der Waals surface area contributed by atoms with Gasteiger partial charge in [0.05, 0.1) is 5.39 Å². The minimum absolute atomic E-state index is 0.0332. The third kappa shape index (κ3) is 3.84. The van der Waals surface area contributed by atoms with Crippen molar-refractivity contribution in [3.8, 4) is 11.1 Å². The van der Waals surface area contributed by atoms with Crippen LogP contribution in [0.2, 0.25) is 0 Å². The smallest absolute Gasteiger partial charge is 0.345 e. The number of amides is 1. The summed E-state index contributed by atoms with van der Waals surface area (Å²) in [7, 11) is 3.46. The topological polar surface area (TPSA) is 91.0 Å². The number of carbonyl (C=O) groups excluding carboxylic acids is 1. The lowest BCUT2D eigenvalue weighted by atomic mass is 10.0. The average Bonchev–Trinajstić information content (AvgIpc) is 2.73. The van der Waals surface area contributed by atoms with Gasteiger partial charge in [-0.05, 0) is 47.5 Å². The fraction of sp³-hybridized carbons (Fsp3) is 0.0909. The van der Waals surface area contributed by atoms with Crippen LogP contribution in [0.1, 0.15) is 10.4 Å². The first kappa shape index (κ1) is 18.4. The Morgan fingerprint density at radius 2 is 1.79 bits per heavy atom. The third-order valence-corrected chi connectivity index (χ3v) is 4.50. The predicted molar refractivity (Wildman–Crippen MR) is 113 cm³/mol. The molecule has 7 heteroatoms. The van der Waals surface area contributed by atoms with Crippen LogP contribution < -0.4 is 11.0 Å². The molecule has 4 aromatic rings. The summed E-state index contributed by atoms with van der Waals surface area (Å²) >= 11 is 0. The first-order valence-corrected chi connectivity index (χ1v) is 9.05. The van der Waals surface area contributed by atoms with E-state index in [0.29, 0.717) is 17.0 Å². The zero-order chi connectivity index (χ0) is 20.4. The van der Waals surface area contributed by atoms with Crippen molar-refractivity contribution < 1.29 is 4.79 Å². The Morgan fingerprint density at radius 1 is 1.00 bits per heavy atom. The second kappa shape index (κ2) is 7.55. The van der Waals surface area contributed by atoms with E-state index in [9.17, 15) is 9.59 Å². The summed E-state index contributed by atoms with van der Waals surface area (Å²) in [4.78, 5) is 36.2. The summed E-state index contributed by atoms with van der Waals surface area (Å²) in [6, 6.07) is 18.9. The SMILES string of the molecule is CN(C)C(=O)c1ccc(-c2cccc(Nc3[nH]c(=O)nc4ncccc34)c2)cc1. The highest BCUT2D eigenvalue weighted by molar-refractivity contribution is 5.94. The largest absolute Gasteiger partial charge is 0.348 e. The standard InChI is InChI=1S/C22H19N5O2/c1-27(2)21(28)15-10-8-14(9-11-15)16-5-3-6-17(13-16)24-20-18-7-4-12-23-19(18)25-22(29)26-20/h3-13H,1-2H3,(H2,23,24,25,26,29). The molecule has 144 valence electrons. The Kier molecular flexibility index (Phi) is 4.78. The van der Waals surface area contributed by atoms with E-state index in [0.717, 1.165) is 22.2 Å². The van der Waals surface area contributed by atoms with Gasteiger partial charge in [0.25, 0.3) is 5.91 Å². The zero-order valence-electron chi connectivity index (χ0n) is 16.0. The Bertz CT molecular complexity index is 1250. The van der Waals surface area contributed by atoms with Gasteiger partial charge in [0.2, 0.25) is 0 Å². The summed E-state index contributed by atoms with van der Waals surface area (Å²) in [6.07, 6.45) is 1.60. The van der Waals surface area contributed by atoms with Crippen molar-refractivity contribution in [2.45, 2.75) is 0 Å². The molecule has 0 aliphatic heterocycles. The second-order valence-electron chi connectivity index (χ2n) is 6.77. The molecule has 1 amide bonds. The molecule has 2 aromatic carbocycles. The fourth-order valence-electron chi connectivity index (χ4n) is 3.06. The number of H-pyrrole nitrogens is 1. The van der Waals surface area contributed by atoms with Crippen molar-refractivity contribution in [2.75, 3.05) is 19.4 Å². The average molecular weight is 385 g/mol. The molecule has 0 fully saturated rings. The molecule has 0 aliphatic rings. The number of aromatic amines is 1. The molecule has 4 rings (SSSR count). The highest BCUT2D eigenvalue weighted by Gasteiger charge is 2.09. The maximum atomic E-state index is 12.1. The van der Waals surface area contributed by atoms with Crippen LogP contribution >= 0.6 is 0 Å². The Hall–Kier alpha value is -4.00. The summed E-state index contributed by atoms with van der Waals surface area (Å²) < 4.78 is 0. The first-order valence-electron chi connectivity index (χ1n) is 9.05. The van der Waals surface area contributed by atoms with Gasteiger partial charge in [-0.3, -0.25) is 9.78 Å². The van der Waals surface area contributed by atoms with Gasteiger partial charge < -0.3 is 10.2 Å². The Morgan fingerprint density at radius 3 is 2.55 bits per heavy atom. The molecule has 2 aromatic heterocycles. The van der Waals surface area contributed by atoms with Gasteiger partial charge in [0.1, 0.15) is 5.82 Å². The number of nitrogens with one attached hydrogen (secondary N) is 2. The van der Waals surface area contributed by atoms with Crippen LogP contribution in [0.5, 0.6) is 0 Å². The number of rotatable bonds is 4. The van der Waals surface area contributed by atoms with E-state index in [4.69, 9.17) is 0 Å². The van der Waals surface area contributed by atoms with Crippen LogP contribution in [0.3, 0.4) is 0 Å². The minimum atomic E-state index is -0.462. The molecule has 0 spiro atoms. The van der Waals surface area contributed by atoms with Crippen molar-refractivity contribution in [3.05, 3.63) is 82.9 Å². The highest BCUT2D eigenvalue weighted by Crippen LogP contribution is 2.26. The van der Waals surface area contributed by atoms with Crippen LogP contribution in [0.25, 0.3) is 22.2 Å². The molecule has 0 unspecified atom stereocenters. The number of hydrogen-bond donors (Lipinski definition) is 2. The number of pyridine rings is 1. The lowest BCUT2D eigenvalue weighted by Gasteiger charge is -2.12. The number of carbonyl (C=O) groups is 1. The third-order valence-electron chi connectivity index (χ3n) is 4.50. The van der Waals surface area contributed by atoms with E-state index >= 15 is 0 Å². The Labute approximate surface area is 167 Å². The molecule has 0 atom stereocenters. The van der Waals surface area contributed by atoms with E-state index < -0.39 is 5.69 Å². The molecule has 0 saturated heterocycles. The van der Waals surface area contributed by atoms with Crippen LogP contribution in [0.15, 0.2) is 71.7 Å². The molecule has 2 heterocycles. The number of nitrogens with zero attached hydrogens (tertiary/aromatic N) is 3. The fourth-order valence-corrected chi connectivity index (χ4v) is 3.06. The number of fused-ring (bicyclic) bond motifs is 1. The normalized spacial score (nSPS) is 10.7. The van der Waals surface area contributed by atoms with Gasteiger partial charge in [0, 0.05) is 31.5 Å². The number of benzene rings is 2. The Balaban J connectivity index is 1.65. The van der Waals surface area contributed by atoms with E-state index in [1.54, 1.807) is 31.3 Å². The van der Waals surface area contributed by atoms with Crippen molar-refractivity contribution in [1.82, 2.24) is 19.9 Å². The van der Waals surface area contributed by atoms with Crippen LogP contribution in [0.4, 0.5) is 11.5 Å². The maximum absolute atomic E-state index is 12.1. The minimum Gasteiger partial charge on any atom is -0.345 e. The van der Waals surface area contributed by atoms with Gasteiger partial charge >= 0.3 is 5.69 Å². The van der Waals surface area contributed by atoms with E-state index in [1.165, 1.54) is 0 Å². The highest BCUT2D eigenvalue weighted by atomic mass is 16.2. The van der Waals surface area contributed by atoms with E-state index in [2.05, 4.69) is 20.3 Å². The summed E-state index contributed by atoms with van der Waals surface area (Å²) in [5, 5.41) is 3.97. The monoisotopic (exact) mass is 385 g/mol. The maximum Gasteiger partial charge on any atom is 0.348 e. The molecule has 7 nitrogen and oxygen atoms in total. The summed E-state index contributed by atoms with van der Waals surface area (Å²) in [5.41, 5.74) is 3.34. The quantitative estimate of drug-likeness (QED) is 0.562. The van der Waals surface area contributed by atoms with Crippen LogP contribution in [-0.4, -0.2) is 39.9 Å². The number of aromatic nitrogens is 3. The van der Waals surface area contributed by atoms with E-state index in [-0.39, 0.29) is 5.91 Å². The van der Waals surface area contributed by atoms with E-state index in [1.807, 2.05) is 54.6 Å². The lowest BCUT2D eigenvalue weighted by molar-refractivity contribution is 0.0827. The van der Waals surface area contributed by atoms with Gasteiger partial charge in [0.15, 0.2) is 5.65 Å². The predicted octanol–water partition coefficient (Wildman–Crippen LogP) is 3.43. The molecular formula is C22H19N5O2. The number of hydrogen-bond acceptors (Lipinski definition) is 5. The van der Waals surface area contributed by atoms with Gasteiger partial charge in [-0.2, -0.15) is 4.98 Å². The summed E-state index contributed by atoms with van der Waals surface area (Å²) in [5.74, 6) is 0.506. The zero-order valence-corrected chi connectivity index (χ0v) is 16.0. The first-order chi connectivity index (χ1) is 14.0. The molecule has 0 radical (unpaired) electrons. The second-order valence-corrected chi connectivity index (χ2v) is 6.77. The molecule has 0 saturated carbocycles. The molecule has 29 heavy (non-hydrogen) atoms. The van der Waals surface area contributed by atoms with Gasteiger partial charge in [-0.25, -0.2) is 9.78 Å². The van der Waals surface area contributed by atoms with Gasteiger partial charge in [-0.15, -0.1) is 0 Å². The summed E-state index contributed by atoms with van der Waals surface area (Å²) in [6.45, 7) is 0. The van der Waals surface area contributed by atoms with Gasteiger partial charge in [-0.1, -0.05) is 24.3 Å². The molecule has 2 N–H and O–H groups in total. The van der Waals surface area contributed by atoms with Crippen LogP contribution in [-0.2, 0) is 0 Å². The molecular weight excluding hydrogens is 366 g/mol. The van der Waals surface area contributed by atoms with Crippen molar-refractivity contribution in [3.63, 3.8) is 0 Å². The van der Waals surface area contributed by atoms with Crippen molar-refractivity contribution in [2.24, 2.45) is 0 Å².